The van der Waals surface area contributed by atoms with E-state index < -0.39 is 0 Å². The zero-order valence-electron chi connectivity index (χ0n) is 22.5. The van der Waals surface area contributed by atoms with E-state index in [0.29, 0.717) is 6.04 Å². The lowest BCUT2D eigenvalue weighted by Gasteiger charge is -2.27. The van der Waals surface area contributed by atoms with Crippen molar-refractivity contribution >= 4 is 52.3 Å². The van der Waals surface area contributed by atoms with Crippen molar-refractivity contribution in [2.24, 2.45) is 5.73 Å². The van der Waals surface area contributed by atoms with Crippen molar-refractivity contribution in [1.29, 1.82) is 0 Å². The Kier molecular flexibility index (Phi) is 11.7. The predicted octanol–water partition coefficient (Wildman–Crippen LogP) is 6.96. The smallest absolute Gasteiger partial charge is 0.0726 e. The van der Waals surface area contributed by atoms with Crippen LogP contribution in [0.4, 0.5) is 5.69 Å². The van der Waals surface area contributed by atoms with Crippen molar-refractivity contribution in [3.05, 3.63) is 71.5 Å². The molecule has 5 N–H and O–H groups in total. The van der Waals surface area contributed by atoms with Crippen LogP contribution in [-0.4, -0.2) is 35.1 Å². The molecule has 2 atom stereocenters. The topological polar surface area (TPSA) is 78.8 Å². The number of hydrogen-bond donors (Lipinski definition) is 4. The van der Waals surface area contributed by atoms with Gasteiger partial charge in [0.25, 0.3) is 0 Å². The van der Waals surface area contributed by atoms with Crippen LogP contribution in [0.3, 0.4) is 0 Å². The van der Waals surface area contributed by atoms with Crippen LogP contribution in [0.1, 0.15) is 62.3 Å². The van der Waals surface area contributed by atoms with Gasteiger partial charge in [-0.15, -0.1) is 24.8 Å². The second kappa shape index (κ2) is 14.7. The van der Waals surface area contributed by atoms with Crippen molar-refractivity contribution in [2.45, 2.75) is 76.8 Å². The Balaban J connectivity index is 0.00000200. The first-order valence-electron chi connectivity index (χ1n) is 13.9. The van der Waals surface area contributed by atoms with Crippen LogP contribution in [0.5, 0.6) is 0 Å². The Labute approximate surface area is 239 Å². The molecule has 38 heavy (non-hydrogen) atoms. The third-order valence-corrected chi connectivity index (χ3v) is 7.63. The fourth-order valence-electron chi connectivity index (χ4n) is 5.71. The number of H-pyrrole nitrogens is 1. The van der Waals surface area contributed by atoms with Crippen LogP contribution in [-0.2, 0) is 19.3 Å². The first kappa shape index (κ1) is 30.2. The number of para-hydroxylation sites is 2. The first-order chi connectivity index (χ1) is 17.7. The first-order valence-corrected chi connectivity index (χ1v) is 13.9. The average Bonchev–Trinajstić information content (AvgIpc) is 3.31. The van der Waals surface area contributed by atoms with Crippen LogP contribution >= 0.6 is 24.8 Å². The van der Waals surface area contributed by atoms with Crippen molar-refractivity contribution in [2.75, 3.05) is 18.4 Å². The maximum atomic E-state index is 6.58. The number of nitrogens with two attached hydrogens (primary N) is 1. The normalized spacial score (nSPS) is 14.4. The number of unbranched alkanes of at least 4 members (excludes halogenated alkanes) is 2. The standard InChI is InChI=1S/C31H41N5.2ClH/c1-2-3-4-11-24(21-33-20-23(32)18-22-19-34-28-15-8-5-12-25(22)28)35-31-26-13-6-9-16-29(26)36-30-17-10-7-14-27(30)31;;/h5-6,8-9,12-13,15-16,19,23-24,33-34H,2-4,7,10-11,14,17-18,20-21,32H2,1H3,(H,35,36);2*1H. The van der Waals surface area contributed by atoms with Crippen LogP contribution in [0.15, 0.2) is 54.7 Å². The van der Waals surface area contributed by atoms with Crippen LogP contribution in [0.25, 0.3) is 21.8 Å². The number of hydrogen-bond acceptors (Lipinski definition) is 4. The highest BCUT2D eigenvalue weighted by molar-refractivity contribution is 5.93. The number of fused-ring (bicyclic) bond motifs is 3. The lowest BCUT2D eigenvalue weighted by atomic mass is 9.92. The summed E-state index contributed by atoms with van der Waals surface area (Å²) in [6.45, 7) is 3.99. The summed E-state index contributed by atoms with van der Waals surface area (Å²) in [4.78, 5) is 8.40. The maximum Gasteiger partial charge on any atom is 0.0726 e. The summed E-state index contributed by atoms with van der Waals surface area (Å²) in [6, 6.07) is 17.5. The van der Waals surface area contributed by atoms with Crippen molar-refractivity contribution in [3.8, 4) is 0 Å². The van der Waals surface area contributed by atoms with Crippen molar-refractivity contribution in [1.82, 2.24) is 15.3 Å². The van der Waals surface area contributed by atoms with E-state index in [1.807, 2.05) is 0 Å². The molecule has 0 radical (unpaired) electrons. The van der Waals surface area contributed by atoms with Gasteiger partial charge in [-0.1, -0.05) is 62.6 Å². The van der Waals surface area contributed by atoms with Gasteiger partial charge in [0.2, 0.25) is 0 Å². The van der Waals surface area contributed by atoms with Gasteiger partial charge in [-0.05, 0) is 61.8 Å². The molecule has 0 fully saturated rings. The molecular formula is C31H43Cl2N5. The minimum atomic E-state index is 0. The Morgan fingerprint density at radius 2 is 1.71 bits per heavy atom. The monoisotopic (exact) mass is 555 g/mol. The summed E-state index contributed by atoms with van der Waals surface area (Å²) in [6.07, 6.45) is 12.6. The number of aromatic nitrogens is 2. The SMILES string of the molecule is CCCCCC(CNCC(N)Cc1c[nH]c2ccccc12)Nc1c2c(nc3ccccc13)CCCC2.Cl.Cl. The summed E-state index contributed by atoms with van der Waals surface area (Å²) in [7, 11) is 0. The maximum absolute atomic E-state index is 6.58. The lowest BCUT2D eigenvalue weighted by molar-refractivity contribution is 0.511. The molecule has 0 saturated heterocycles. The molecule has 0 bridgehead atoms. The molecule has 1 aliphatic carbocycles. The van der Waals surface area contributed by atoms with Crippen LogP contribution in [0.2, 0.25) is 0 Å². The van der Waals surface area contributed by atoms with Crippen LogP contribution in [0, 0.1) is 0 Å². The summed E-state index contributed by atoms with van der Waals surface area (Å²) in [5.41, 5.74) is 14.2. The van der Waals surface area contributed by atoms with Gasteiger partial charge >= 0.3 is 0 Å². The molecular weight excluding hydrogens is 513 g/mol. The average molecular weight is 557 g/mol. The number of aryl methyl sites for hydroxylation is 1. The number of benzene rings is 2. The third-order valence-electron chi connectivity index (χ3n) is 7.63. The highest BCUT2D eigenvalue weighted by Gasteiger charge is 2.20. The fourth-order valence-corrected chi connectivity index (χ4v) is 5.71. The molecule has 0 amide bonds. The van der Waals surface area contributed by atoms with Gasteiger partial charge in [0, 0.05) is 59.0 Å². The van der Waals surface area contributed by atoms with Gasteiger partial charge in [-0.2, -0.15) is 0 Å². The number of aromatic amines is 1. The van der Waals surface area contributed by atoms with Gasteiger partial charge in [0.15, 0.2) is 0 Å². The minimum Gasteiger partial charge on any atom is -0.380 e. The molecule has 0 spiro atoms. The summed E-state index contributed by atoms with van der Waals surface area (Å²) < 4.78 is 0. The number of halogens is 2. The quantitative estimate of drug-likeness (QED) is 0.142. The second-order valence-electron chi connectivity index (χ2n) is 10.5. The molecule has 206 valence electrons. The molecule has 2 aromatic carbocycles. The molecule has 0 saturated carbocycles. The third kappa shape index (κ3) is 7.20. The summed E-state index contributed by atoms with van der Waals surface area (Å²) in [5.74, 6) is 0. The molecule has 1 aliphatic rings. The van der Waals surface area contributed by atoms with E-state index in [0.717, 1.165) is 44.3 Å². The Bertz CT molecular complexity index is 1290. The molecule has 4 aromatic rings. The van der Waals surface area contributed by atoms with Crippen molar-refractivity contribution in [3.63, 3.8) is 0 Å². The number of anilines is 1. The number of nitrogens with one attached hydrogen (secondary N) is 3. The predicted molar refractivity (Wildman–Crippen MR) is 167 cm³/mol. The van der Waals surface area contributed by atoms with E-state index in [-0.39, 0.29) is 30.9 Å². The highest BCUT2D eigenvalue weighted by Crippen LogP contribution is 2.34. The zero-order valence-corrected chi connectivity index (χ0v) is 24.1. The minimum absolute atomic E-state index is 0. The van der Waals surface area contributed by atoms with Crippen molar-refractivity contribution < 1.29 is 0 Å². The fraction of sp³-hybridized carbons (Fsp3) is 0.452. The largest absolute Gasteiger partial charge is 0.380 e. The summed E-state index contributed by atoms with van der Waals surface area (Å²) in [5, 5.41) is 10.2. The van der Waals surface area contributed by atoms with Gasteiger partial charge in [0.1, 0.15) is 0 Å². The van der Waals surface area contributed by atoms with Gasteiger partial charge in [-0.25, -0.2) is 0 Å². The molecule has 2 heterocycles. The molecule has 5 rings (SSSR count). The highest BCUT2D eigenvalue weighted by atomic mass is 35.5. The Morgan fingerprint density at radius 1 is 0.947 bits per heavy atom. The van der Waals surface area contributed by atoms with Crippen LogP contribution < -0.4 is 16.4 Å². The van der Waals surface area contributed by atoms with E-state index in [1.54, 1.807) is 0 Å². The lowest BCUT2D eigenvalue weighted by Crippen LogP contribution is -2.41. The number of nitrogens with zero attached hydrogens (tertiary/aromatic N) is 1. The molecule has 0 aliphatic heterocycles. The van der Waals surface area contributed by atoms with Gasteiger partial charge in [-0.3, -0.25) is 4.98 Å². The molecule has 2 aromatic heterocycles. The summed E-state index contributed by atoms with van der Waals surface area (Å²) >= 11 is 0. The zero-order chi connectivity index (χ0) is 24.7. The van der Waals surface area contributed by atoms with E-state index in [4.69, 9.17) is 10.7 Å². The van der Waals surface area contributed by atoms with E-state index in [1.165, 1.54) is 70.9 Å². The molecule has 2 unspecified atom stereocenters. The Morgan fingerprint density at radius 3 is 2.55 bits per heavy atom. The van der Waals surface area contributed by atoms with E-state index >= 15 is 0 Å². The molecule has 7 heteroatoms. The molecule has 5 nitrogen and oxygen atoms in total. The van der Waals surface area contributed by atoms with E-state index in [9.17, 15) is 0 Å². The number of rotatable bonds is 12. The second-order valence-corrected chi connectivity index (χ2v) is 10.5. The Hall–Kier alpha value is -2.31. The van der Waals surface area contributed by atoms with E-state index in [2.05, 4.69) is 77.3 Å². The van der Waals surface area contributed by atoms with Gasteiger partial charge < -0.3 is 21.4 Å². The van der Waals surface area contributed by atoms with Gasteiger partial charge in [0.05, 0.1) is 5.52 Å². The number of pyridine rings is 1.